The maximum absolute atomic E-state index is 9.49. The number of pyridine rings is 1. The van der Waals surface area contributed by atoms with E-state index in [-0.39, 0.29) is 0 Å². The second kappa shape index (κ2) is 5.32. The van der Waals surface area contributed by atoms with Crippen molar-refractivity contribution in [3.05, 3.63) is 64.4 Å². The highest BCUT2D eigenvalue weighted by Gasteiger charge is 2.26. The monoisotopic (exact) mass is 300 g/mol. The van der Waals surface area contributed by atoms with Crippen LogP contribution in [0.4, 0.5) is 0 Å². The first-order valence-electron chi connectivity index (χ1n) is 5.70. The molecule has 1 unspecified atom stereocenters. The minimum absolute atomic E-state index is 0.512. The molecule has 2 nitrogen and oxygen atoms in total. The molecule has 0 aliphatic rings. The Bertz CT molecular complexity index is 557. The molecule has 0 saturated heterocycles. The lowest BCUT2D eigenvalue weighted by Crippen LogP contribution is -2.22. The van der Waals surface area contributed by atoms with Crippen LogP contribution in [0, 0.1) is 11.3 Å². The van der Waals surface area contributed by atoms with Crippen LogP contribution in [-0.4, -0.2) is 4.98 Å². The molecule has 1 aromatic heterocycles. The Kier molecular flexibility index (Phi) is 3.78. The van der Waals surface area contributed by atoms with Crippen LogP contribution in [0.15, 0.2) is 53.3 Å². The molecule has 0 amide bonds. The smallest absolute Gasteiger partial charge is 0.0834 e. The van der Waals surface area contributed by atoms with Gasteiger partial charge in [-0.1, -0.05) is 28.1 Å². The van der Waals surface area contributed by atoms with Crippen molar-refractivity contribution in [1.82, 2.24) is 4.98 Å². The molecule has 0 N–H and O–H groups in total. The van der Waals surface area contributed by atoms with Gasteiger partial charge in [0.25, 0.3) is 0 Å². The molecule has 0 aliphatic heterocycles. The van der Waals surface area contributed by atoms with Crippen LogP contribution in [-0.2, 0) is 11.8 Å². The Balaban J connectivity index is 2.32. The molecule has 0 fully saturated rings. The second-order valence-corrected chi connectivity index (χ2v) is 5.40. The fourth-order valence-corrected chi connectivity index (χ4v) is 2.20. The predicted octanol–water partition coefficient (Wildman–Crippen LogP) is 3.87. The van der Waals surface area contributed by atoms with E-state index in [2.05, 4.69) is 27.0 Å². The molecular weight excluding hydrogens is 288 g/mol. The van der Waals surface area contributed by atoms with Gasteiger partial charge in [-0.05, 0) is 48.7 Å². The average molecular weight is 301 g/mol. The number of halogens is 1. The molecule has 18 heavy (non-hydrogen) atoms. The Labute approximate surface area is 115 Å². The molecule has 3 heteroatoms. The third-order valence-electron chi connectivity index (χ3n) is 3.04. The van der Waals surface area contributed by atoms with Gasteiger partial charge in [0.2, 0.25) is 0 Å². The fourth-order valence-electron chi connectivity index (χ4n) is 1.93. The van der Waals surface area contributed by atoms with E-state index in [9.17, 15) is 5.26 Å². The van der Waals surface area contributed by atoms with Gasteiger partial charge in [-0.25, -0.2) is 0 Å². The van der Waals surface area contributed by atoms with E-state index in [1.165, 1.54) is 0 Å². The molecule has 0 radical (unpaired) electrons. The first-order valence-corrected chi connectivity index (χ1v) is 6.49. The fraction of sp³-hybridized carbons (Fsp3) is 0.200. The van der Waals surface area contributed by atoms with Crippen molar-refractivity contribution in [2.45, 2.75) is 18.8 Å². The standard InChI is InChI=1S/C15H13BrN2/c1-15(11-17,10-12-6-8-18-9-7-12)13-2-4-14(16)5-3-13/h2-9H,10H2,1H3. The van der Waals surface area contributed by atoms with Crippen LogP contribution >= 0.6 is 15.9 Å². The number of benzene rings is 1. The van der Waals surface area contributed by atoms with Crippen molar-refractivity contribution in [1.29, 1.82) is 5.26 Å². The van der Waals surface area contributed by atoms with Crippen molar-refractivity contribution in [3.8, 4) is 6.07 Å². The first-order chi connectivity index (χ1) is 8.64. The van der Waals surface area contributed by atoms with Gasteiger partial charge in [-0.15, -0.1) is 0 Å². The molecule has 1 heterocycles. The Morgan fingerprint density at radius 2 is 1.78 bits per heavy atom. The minimum Gasteiger partial charge on any atom is -0.265 e. The van der Waals surface area contributed by atoms with Gasteiger partial charge in [0, 0.05) is 16.9 Å². The van der Waals surface area contributed by atoms with Gasteiger partial charge < -0.3 is 0 Å². The summed E-state index contributed by atoms with van der Waals surface area (Å²) in [6.45, 7) is 1.97. The molecule has 1 atom stereocenters. The first kappa shape index (κ1) is 12.8. The lowest BCUT2D eigenvalue weighted by atomic mass is 9.79. The summed E-state index contributed by atoms with van der Waals surface area (Å²) in [6.07, 6.45) is 4.21. The highest BCUT2D eigenvalue weighted by atomic mass is 79.9. The number of nitriles is 1. The Morgan fingerprint density at radius 1 is 1.17 bits per heavy atom. The summed E-state index contributed by atoms with van der Waals surface area (Å²) in [5, 5.41) is 9.49. The summed E-state index contributed by atoms with van der Waals surface area (Å²) < 4.78 is 1.02. The third-order valence-corrected chi connectivity index (χ3v) is 3.56. The molecule has 90 valence electrons. The average Bonchev–Trinajstić information content (AvgIpc) is 2.40. The molecular formula is C15H13BrN2. The quantitative estimate of drug-likeness (QED) is 0.863. The Hall–Kier alpha value is -1.66. The van der Waals surface area contributed by atoms with Crippen molar-refractivity contribution in [2.75, 3.05) is 0 Å². The molecule has 0 saturated carbocycles. The number of rotatable bonds is 3. The number of nitrogens with zero attached hydrogens (tertiary/aromatic N) is 2. The van der Waals surface area contributed by atoms with Gasteiger partial charge in [-0.2, -0.15) is 5.26 Å². The summed E-state index contributed by atoms with van der Waals surface area (Å²) in [5.74, 6) is 0. The van der Waals surface area contributed by atoms with E-state index < -0.39 is 5.41 Å². The normalized spacial score (nSPS) is 13.6. The summed E-state index contributed by atoms with van der Waals surface area (Å²) in [5.41, 5.74) is 1.64. The molecule has 2 aromatic rings. The molecule has 1 aromatic carbocycles. The van der Waals surface area contributed by atoms with Gasteiger partial charge in [0.05, 0.1) is 11.5 Å². The van der Waals surface area contributed by atoms with Crippen LogP contribution in [0.3, 0.4) is 0 Å². The number of aromatic nitrogens is 1. The van der Waals surface area contributed by atoms with Crippen molar-refractivity contribution >= 4 is 15.9 Å². The van der Waals surface area contributed by atoms with Crippen molar-refractivity contribution < 1.29 is 0 Å². The van der Waals surface area contributed by atoms with E-state index in [0.717, 1.165) is 15.6 Å². The van der Waals surface area contributed by atoms with Gasteiger partial charge >= 0.3 is 0 Å². The minimum atomic E-state index is -0.512. The lowest BCUT2D eigenvalue weighted by Gasteiger charge is -2.22. The van der Waals surface area contributed by atoms with Crippen LogP contribution in [0.5, 0.6) is 0 Å². The van der Waals surface area contributed by atoms with Crippen LogP contribution in [0.25, 0.3) is 0 Å². The third kappa shape index (κ3) is 2.77. The van der Waals surface area contributed by atoms with Crippen LogP contribution in [0.2, 0.25) is 0 Å². The summed E-state index contributed by atoms with van der Waals surface area (Å²) in [7, 11) is 0. The Morgan fingerprint density at radius 3 is 2.33 bits per heavy atom. The van der Waals surface area contributed by atoms with E-state index in [1.807, 2.05) is 43.3 Å². The maximum atomic E-state index is 9.49. The topological polar surface area (TPSA) is 36.7 Å². The summed E-state index contributed by atoms with van der Waals surface area (Å²) >= 11 is 3.41. The highest BCUT2D eigenvalue weighted by Crippen LogP contribution is 2.28. The molecule has 0 spiro atoms. The van der Waals surface area contributed by atoms with Gasteiger partial charge in [-0.3, -0.25) is 4.98 Å². The molecule has 0 aliphatic carbocycles. The summed E-state index contributed by atoms with van der Waals surface area (Å²) in [6, 6.07) is 14.3. The number of hydrogen-bond donors (Lipinski definition) is 0. The molecule has 2 rings (SSSR count). The van der Waals surface area contributed by atoms with E-state index in [4.69, 9.17) is 0 Å². The van der Waals surface area contributed by atoms with Crippen LogP contribution < -0.4 is 0 Å². The zero-order valence-corrected chi connectivity index (χ0v) is 11.7. The zero-order chi connectivity index (χ0) is 13.0. The van der Waals surface area contributed by atoms with E-state index in [1.54, 1.807) is 12.4 Å². The zero-order valence-electron chi connectivity index (χ0n) is 10.1. The van der Waals surface area contributed by atoms with Gasteiger partial charge in [0.1, 0.15) is 0 Å². The predicted molar refractivity (Wildman–Crippen MR) is 75.0 cm³/mol. The largest absolute Gasteiger partial charge is 0.265 e. The van der Waals surface area contributed by atoms with Crippen molar-refractivity contribution in [3.63, 3.8) is 0 Å². The maximum Gasteiger partial charge on any atom is 0.0834 e. The SMILES string of the molecule is CC(C#N)(Cc1ccncc1)c1ccc(Br)cc1. The second-order valence-electron chi connectivity index (χ2n) is 4.48. The lowest BCUT2D eigenvalue weighted by molar-refractivity contribution is 0.606. The van der Waals surface area contributed by atoms with E-state index in [0.29, 0.717) is 6.42 Å². The van der Waals surface area contributed by atoms with Gasteiger partial charge in [0.15, 0.2) is 0 Å². The number of hydrogen-bond acceptors (Lipinski definition) is 2. The molecule has 0 bridgehead atoms. The van der Waals surface area contributed by atoms with Crippen LogP contribution in [0.1, 0.15) is 18.1 Å². The van der Waals surface area contributed by atoms with E-state index >= 15 is 0 Å². The highest BCUT2D eigenvalue weighted by molar-refractivity contribution is 9.10. The van der Waals surface area contributed by atoms with Crippen molar-refractivity contribution in [2.24, 2.45) is 0 Å². The summed E-state index contributed by atoms with van der Waals surface area (Å²) in [4.78, 5) is 4.00.